The van der Waals surface area contributed by atoms with E-state index in [0.29, 0.717) is 5.69 Å². The van der Waals surface area contributed by atoms with Crippen LogP contribution in [-0.2, 0) is 58.3 Å². The Morgan fingerprint density at radius 1 is 1.05 bits per heavy atom. The number of aliphatic hydroxyl groups is 1. The van der Waals surface area contributed by atoms with E-state index in [1.54, 1.807) is 6.08 Å². The minimum Gasteiger partial charge on any atom is -0.394 e. The van der Waals surface area contributed by atoms with Crippen molar-refractivity contribution in [3.05, 3.63) is 30.9 Å². The van der Waals surface area contributed by atoms with Crippen molar-refractivity contribution in [1.29, 1.82) is 0 Å². The van der Waals surface area contributed by atoms with Gasteiger partial charge in [-0.05, 0) is 33.1 Å². The number of rotatable bonds is 25. The Hall–Kier alpha value is -4.24. The number of nitrogens with two attached hydrogens (primary N) is 1. The number of nitrogens with one attached hydrogen (secondary N) is 5. The lowest BCUT2D eigenvalue weighted by Crippen LogP contribution is -2.61. The Balaban J connectivity index is 2.29. The summed E-state index contributed by atoms with van der Waals surface area (Å²) in [6.45, 7) is 11.6. The van der Waals surface area contributed by atoms with Crippen LogP contribution < -0.4 is 27.0 Å². The van der Waals surface area contributed by atoms with Gasteiger partial charge >= 0.3 is 7.82 Å². The molecule has 1 aromatic heterocycles. The van der Waals surface area contributed by atoms with E-state index in [1.807, 2.05) is 27.7 Å². The molecule has 1 aromatic rings. The van der Waals surface area contributed by atoms with Crippen LogP contribution in [0, 0.1) is 5.92 Å². The van der Waals surface area contributed by atoms with Crippen LogP contribution in [0.5, 0.6) is 0 Å². The van der Waals surface area contributed by atoms with Crippen molar-refractivity contribution in [1.82, 2.24) is 36.1 Å². The molecule has 21 nitrogen and oxygen atoms in total. The van der Waals surface area contributed by atoms with Crippen LogP contribution in [0.15, 0.2) is 25.2 Å². The summed E-state index contributed by atoms with van der Waals surface area (Å²) in [5.41, 5.74) is 5.77. The molecular formula is C34H57N8O13P. The highest BCUT2D eigenvalue weighted by atomic mass is 31.2. The number of hydrogen-bond acceptors (Lipinski definition) is 13. The minimum absolute atomic E-state index is 0.0256. The Morgan fingerprint density at radius 2 is 1.70 bits per heavy atom. The highest BCUT2D eigenvalue weighted by Crippen LogP contribution is 2.43. The lowest BCUT2D eigenvalue weighted by molar-refractivity contribution is -0.140. The highest BCUT2D eigenvalue weighted by molar-refractivity contribution is 7.47. The largest absolute Gasteiger partial charge is 0.472 e. The second kappa shape index (κ2) is 23.1. The molecule has 316 valence electrons. The van der Waals surface area contributed by atoms with Crippen molar-refractivity contribution in [3.8, 4) is 0 Å². The molecule has 0 bridgehead atoms. The zero-order valence-corrected chi connectivity index (χ0v) is 33.5. The summed E-state index contributed by atoms with van der Waals surface area (Å²) in [5, 5.41) is 19.9. The quantitative estimate of drug-likeness (QED) is 0.0414. The van der Waals surface area contributed by atoms with E-state index in [9.17, 15) is 43.3 Å². The number of carbonyl (C=O) groups excluding carboxylic acids is 6. The molecule has 0 spiro atoms. The Bertz CT molecular complexity index is 1530. The minimum atomic E-state index is -4.61. The first-order chi connectivity index (χ1) is 26.3. The van der Waals surface area contributed by atoms with Gasteiger partial charge in [0.15, 0.2) is 0 Å². The number of primary amides is 1. The summed E-state index contributed by atoms with van der Waals surface area (Å²) < 4.78 is 32.3. The molecule has 6 amide bonds. The van der Waals surface area contributed by atoms with Gasteiger partial charge in [-0.15, -0.1) is 6.58 Å². The van der Waals surface area contributed by atoms with E-state index in [-0.39, 0.29) is 63.4 Å². The molecule has 1 fully saturated rings. The van der Waals surface area contributed by atoms with Crippen LogP contribution in [0.3, 0.4) is 0 Å². The number of aromatic amines is 1. The van der Waals surface area contributed by atoms with Gasteiger partial charge in [-0.3, -0.25) is 37.8 Å². The van der Waals surface area contributed by atoms with Gasteiger partial charge in [0.1, 0.15) is 30.2 Å². The summed E-state index contributed by atoms with van der Waals surface area (Å²) in [4.78, 5) is 97.7. The van der Waals surface area contributed by atoms with Gasteiger partial charge in [0.2, 0.25) is 35.4 Å². The van der Waals surface area contributed by atoms with Crippen molar-refractivity contribution < 1.29 is 61.9 Å². The Labute approximate surface area is 325 Å². The molecule has 1 aliphatic heterocycles. The van der Waals surface area contributed by atoms with Crippen molar-refractivity contribution in [3.63, 3.8) is 0 Å². The lowest BCUT2D eigenvalue weighted by Gasteiger charge is -2.28. The Kier molecular flexibility index (Phi) is 19.8. The van der Waals surface area contributed by atoms with Crippen molar-refractivity contribution in [2.24, 2.45) is 11.7 Å². The molecule has 1 unspecified atom stereocenters. The fraction of sp³-hybridized carbons (Fsp3) is 0.676. The fourth-order valence-electron chi connectivity index (χ4n) is 5.69. The third-order valence-electron chi connectivity index (χ3n) is 8.47. The van der Waals surface area contributed by atoms with E-state index in [4.69, 9.17) is 19.7 Å². The average Bonchev–Trinajstić information content (AvgIpc) is 3.81. The monoisotopic (exact) mass is 816 g/mol. The van der Waals surface area contributed by atoms with Gasteiger partial charge in [0, 0.05) is 38.4 Å². The van der Waals surface area contributed by atoms with Crippen LogP contribution in [0.1, 0.15) is 59.6 Å². The van der Waals surface area contributed by atoms with Crippen LogP contribution >= 0.6 is 7.82 Å². The third-order valence-corrected chi connectivity index (χ3v) is 9.53. The summed E-state index contributed by atoms with van der Waals surface area (Å²) in [6.07, 6.45) is 2.39. The van der Waals surface area contributed by atoms with Crippen molar-refractivity contribution in [2.75, 3.05) is 33.5 Å². The number of nitrogens with zero attached hydrogens (tertiary/aromatic N) is 2. The maximum atomic E-state index is 13.9. The number of phosphoric ester groups is 1. The van der Waals surface area contributed by atoms with E-state index in [0.717, 1.165) is 14.0 Å². The first-order valence-corrected chi connectivity index (χ1v) is 19.6. The van der Waals surface area contributed by atoms with E-state index < -0.39 is 86.4 Å². The number of carbonyl (C=O) groups is 6. The maximum absolute atomic E-state index is 13.9. The molecule has 0 aromatic carbocycles. The molecule has 0 radical (unpaired) electrons. The van der Waals surface area contributed by atoms with E-state index in [2.05, 4.69) is 42.3 Å². The summed E-state index contributed by atoms with van der Waals surface area (Å²) >= 11 is 0. The summed E-state index contributed by atoms with van der Waals surface area (Å²) in [5.74, 6) is -5.06. The maximum Gasteiger partial charge on any atom is 0.472 e. The molecule has 0 aliphatic carbocycles. The second-order valence-corrected chi connectivity index (χ2v) is 15.4. The van der Waals surface area contributed by atoms with Gasteiger partial charge < -0.3 is 56.4 Å². The molecule has 56 heavy (non-hydrogen) atoms. The number of amides is 6. The molecule has 9 N–H and O–H groups in total. The molecule has 22 heteroatoms. The number of H-pyrrole nitrogens is 1. The van der Waals surface area contributed by atoms with Crippen LogP contribution in [-0.4, -0.2) is 142 Å². The van der Waals surface area contributed by atoms with Crippen LogP contribution in [0.2, 0.25) is 0 Å². The van der Waals surface area contributed by atoms with Gasteiger partial charge in [-0.2, -0.15) is 0 Å². The summed E-state index contributed by atoms with van der Waals surface area (Å²) in [6, 6.07) is -6.97. The first kappa shape index (κ1) is 47.9. The standard InChI is InChI=1S/C34H57N8O13P/c1-8-10-54-23-14-27(42(16-23)28(44)9-11-53-20(4)5)34(49)39-24(12-19(2)3)31(46)38-25(13-22-15-36-18-37-22)32(47)40-26(17-43)33(48)41-29(30(35)45)21(6)55-56(50,51)52-7/h8,15,18-21,23-27,29,43H,1,9-14,16-17H2,2-7H3,(H2,35,45)(H,36,37)(H,38,46)(H,39,49)(H,40,47)(H,41,48)(H,50,51)/t21-,23+,24+,25+,26+,27+,29+/m1/s1. The first-order valence-electron chi connectivity index (χ1n) is 18.1. The van der Waals surface area contributed by atoms with Crippen molar-refractivity contribution >= 4 is 43.3 Å². The molecule has 2 rings (SSSR count). The number of aromatic nitrogens is 2. The summed E-state index contributed by atoms with van der Waals surface area (Å²) in [7, 11) is -3.73. The molecular weight excluding hydrogens is 759 g/mol. The molecule has 8 atom stereocenters. The molecule has 1 aliphatic rings. The molecule has 2 heterocycles. The highest BCUT2D eigenvalue weighted by Gasteiger charge is 2.41. The van der Waals surface area contributed by atoms with Crippen molar-refractivity contribution in [2.45, 2.75) is 109 Å². The fourth-order valence-corrected chi connectivity index (χ4v) is 6.32. The van der Waals surface area contributed by atoms with Gasteiger partial charge in [-0.1, -0.05) is 19.9 Å². The number of aliphatic hydroxyl groups excluding tert-OH is 1. The van der Waals surface area contributed by atoms with Gasteiger partial charge in [0.25, 0.3) is 0 Å². The SMILES string of the molecule is C=CCO[C@H]1C[C@@H](C(=O)N[C@@H](CC(C)C)C(=O)N[C@@H](Cc2cnc[nH]2)C(=O)N[C@@H](CO)C(=O)N[C@H](C(N)=O)[C@@H](C)OP(=O)(O)OC)N(C(=O)CCOC(C)C)C1. The number of likely N-dealkylation sites (tertiary alicyclic amines) is 1. The van der Waals surface area contributed by atoms with E-state index >= 15 is 0 Å². The van der Waals surface area contributed by atoms with Crippen LogP contribution in [0.25, 0.3) is 0 Å². The third kappa shape index (κ3) is 15.7. The number of ether oxygens (including phenoxy) is 2. The molecule has 0 saturated carbocycles. The zero-order valence-electron chi connectivity index (χ0n) is 32.6. The second-order valence-electron chi connectivity index (χ2n) is 13.8. The number of phosphoric acid groups is 1. The topological polar surface area (TPSA) is 303 Å². The number of hydrogen-bond donors (Lipinski definition) is 8. The zero-order chi connectivity index (χ0) is 42.2. The predicted octanol–water partition coefficient (Wildman–Crippen LogP) is -1.45. The van der Waals surface area contributed by atoms with Gasteiger partial charge in [0.05, 0.1) is 50.9 Å². The predicted molar refractivity (Wildman–Crippen MR) is 199 cm³/mol. The van der Waals surface area contributed by atoms with Crippen LogP contribution in [0.4, 0.5) is 0 Å². The van der Waals surface area contributed by atoms with Gasteiger partial charge in [-0.25, -0.2) is 9.55 Å². The number of imidazole rings is 1. The molecule has 1 saturated heterocycles. The lowest BCUT2D eigenvalue weighted by atomic mass is 10.0. The normalized spacial score (nSPS) is 19.3. The average molecular weight is 817 g/mol. The van der Waals surface area contributed by atoms with E-state index in [1.165, 1.54) is 17.4 Å². The smallest absolute Gasteiger partial charge is 0.394 e. The Morgan fingerprint density at radius 3 is 2.25 bits per heavy atom.